The Morgan fingerprint density at radius 1 is 0.773 bits per heavy atom. The molecule has 0 unspecified atom stereocenters. The summed E-state index contributed by atoms with van der Waals surface area (Å²) in [5, 5.41) is 18.4. The van der Waals surface area contributed by atoms with Crippen LogP contribution in [-0.2, 0) is 11.3 Å². The number of hydrogen-bond acceptors (Lipinski definition) is 8. The molecule has 4 aromatic carbocycles. The summed E-state index contributed by atoms with van der Waals surface area (Å²) in [5.41, 5.74) is 4.98. The molecular weight excluding hydrogens is 558 g/mol. The summed E-state index contributed by atoms with van der Waals surface area (Å²) >= 11 is 0. The zero-order valence-corrected chi connectivity index (χ0v) is 24.2. The first-order valence-corrected chi connectivity index (χ1v) is 13.8. The zero-order chi connectivity index (χ0) is 30.9. The van der Waals surface area contributed by atoms with Crippen molar-refractivity contribution < 1.29 is 19.4 Å². The van der Waals surface area contributed by atoms with E-state index in [1.54, 1.807) is 24.3 Å². The number of carbonyl (C=O) groups is 2. The number of ether oxygens (including phenoxy) is 1. The first kappa shape index (κ1) is 29.5. The third-order valence-corrected chi connectivity index (χ3v) is 6.57. The van der Waals surface area contributed by atoms with Gasteiger partial charge in [-0.1, -0.05) is 90.5 Å². The van der Waals surface area contributed by atoms with Crippen molar-refractivity contribution in [1.29, 1.82) is 0 Å². The number of methoxy groups -OCH3 is 1. The summed E-state index contributed by atoms with van der Waals surface area (Å²) in [6.07, 6.45) is 0. The number of nitrogens with one attached hydrogen (secondary N) is 3. The molecule has 4 N–H and O–H groups in total. The van der Waals surface area contributed by atoms with Crippen LogP contribution >= 0.6 is 0 Å². The lowest BCUT2D eigenvalue weighted by atomic mass is 10.0. The van der Waals surface area contributed by atoms with Gasteiger partial charge in [-0.25, -0.2) is 4.79 Å². The van der Waals surface area contributed by atoms with Crippen LogP contribution in [-0.4, -0.2) is 45.7 Å². The zero-order valence-electron chi connectivity index (χ0n) is 24.2. The molecule has 0 atom stereocenters. The van der Waals surface area contributed by atoms with Gasteiger partial charge in [0.2, 0.25) is 17.8 Å². The number of anilines is 5. The van der Waals surface area contributed by atoms with Gasteiger partial charge in [0.25, 0.3) is 0 Å². The van der Waals surface area contributed by atoms with Gasteiger partial charge in [0.05, 0.1) is 12.8 Å². The van der Waals surface area contributed by atoms with E-state index in [0.717, 1.165) is 22.3 Å². The van der Waals surface area contributed by atoms with Crippen LogP contribution in [0, 0.1) is 6.92 Å². The monoisotopic (exact) mass is 589 g/mol. The molecule has 0 aliphatic carbocycles. The highest BCUT2D eigenvalue weighted by Gasteiger charge is 2.19. The number of aliphatic carboxylic acids is 1. The van der Waals surface area contributed by atoms with Crippen LogP contribution in [0.1, 0.15) is 11.1 Å². The molecule has 0 aliphatic heterocycles. The molecule has 11 heteroatoms. The lowest BCUT2D eigenvalue weighted by Gasteiger charge is -2.22. The van der Waals surface area contributed by atoms with Crippen LogP contribution in [0.3, 0.4) is 0 Å². The normalized spacial score (nSPS) is 10.5. The number of aryl methyl sites for hydroxylation is 1. The second-order valence-corrected chi connectivity index (χ2v) is 9.83. The molecular formula is C33H31N7O4. The number of amides is 2. The predicted molar refractivity (Wildman–Crippen MR) is 170 cm³/mol. The highest BCUT2D eigenvalue weighted by atomic mass is 16.5. The SMILES string of the molecule is COc1ccccc1NC(=O)Nc1nc(Nc2ccccc2-c2ccccc2)nc(N(CC(=O)O)Cc2ccc(C)cc2)n1. The van der Waals surface area contributed by atoms with Crippen LogP contribution in [0.5, 0.6) is 5.75 Å². The summed E-state index contributed by atoms with van der Waals surface area (Å²) < 4.78 is 5.33. The van der Waals surface area contributed by atoms with E-state index < -0.39 is 12.0 Å². The van der Waals surface area contributed by atoms with Crippen molar-refractivity contribution in [3.05, 3.63) is 114 Å². The van der Waals surface area contributed by atoms with E-state index in [1.165, 1.54) is 12.0 Å². The van der Waals surface area contributed by atoms with Crippen LogP contribution in [0.2, 0.25) is 0 Å². The molecule has 5 aromatic rings. The van der Waals surface area contributed by atoms with Crippen molar-refractivity contribution in [2.75, 3.05) is 34.5 Å². The van der Waals surface area contributed by atoms with Gasteiger partial charge in [-0.3, -0.25) is 10.1 Å². The van der Waals surface area contributed by atoms with E-state index in [4.69, 9.17) is 4.74 Å². The van der Waals surface area contributed by atoms with Crippen molar-refractivity contribution in [2.24, 2.45) is 0 Å². The van der Waals surface area contributed by atoms with Crippen molar-refractivity contribution in [3.8, 4) is 16.9 Å². The number of nitrogens with zero attached hydrogens (tertiary/aromatic N) is 4. The number of carboxylic acid groups (broad SMARTS) is 1. The fourth-order valence-corrected chi connectivity index (χ4v) is 4.48. The molecule has 2 amide bonds. The van der Waals surface area contributed by atoms with E-state index in [9.17, 15) is 14.7 Å². The van der Waals surface area contributed by atoms with Gasteiger partial charge in [0, 0.05) is 17.8 Å². The van der Waals surface area contributed by atoms with Crippen LogP contribution < -0.4 is 25.6 Å². The maximum Gasteiger partial charge on any atom is 0.326 e. The molecule has 0 fully saturated rings. The second kappa shape index (κ2) is 13.8. The summed E-state index contributed by atoms with van der Waals surface area (Å²) in [6, 6.07) is 31.6. The van der Waals surface area contributed by atoms with Gasteiger partial charge in [-0.2, -0.15) is 15.0 Å². The first-order chi connectivity index (χ1) is 21.4. The van der Waals surface area contributed by atoms with E-state index in [1.807, 2.05) is 85.8 Å². The lowest BCUT2D eigenvalue weighted by Crippen LogP contribution is -2.31. The Hall–Kier alpha value is -5.97. The molecule has 11 nitrogen and oxygen atoms in total. The van der Waals surface area contributed by atoms with Gasteiger partial charge in [-0.05, 0) is 36.2 Å². The summed E-state index contributed by atoms with van der Waals surface area (Å²) in [6.45, 7) is 1.80. The van der Waals surface area contributed by atoms with Crippen molar-refractivity contribution in [2.45, 2.75) is 13.5 Å². The molecule has 44 heavy (non-hydrogen) atoms. The smallest absolute Gasteiger partial charge is 0.326 e. The van der Waals surface area contributed by atoms with Crippen LogP contribution in [0.4, 0.5) is 34.0 Å². The molecule has 0 saturated carbocycles. The Labute approximate surface area is 254 Å². The Balaban J connectivity index is 1.51. The number of urea groups is 1. The number of para-hydroxylation sites is 3. The Bertz CT molecular complexity index is 1750. The van der Waals surface area contributed by atoms with Crippen LogP contribution in [0.25, 0.3) is 11.1 Å². The summed E-state index contributed by atoms with van der Waals surface area (Å²) in [5.74, 6) is -0.489. The average molecular weight is 590 g/mol. The largest absolute Gasteiger partial charge is 0.495 e. The Morgan fingerprint density at radius 2 is 1.43 bits per heavy atom. The molecule has 5 rings (SSSR count). The topological polar surface area (TPSA) is 142 Å². The summed E-state index contributed by atoms with van der Waals surface area (Å²) in [7, 11) is 1.51. The highest BCUT2D eigenvalue weighted by molar-refractivity contribution is 5.99. The van der Waals surface area contributed by atoms with E-state index >= 15 is 0 Å². The van der Waals surface area contributed by atoms with Gasteiger partial charge in [0.15, 0.2) is 0 Å². The van der Waals surface area contributed by atoms with Gasteiger partial charge in [-0.15, -0.1) is 0 Å². The number of rotatable bonds is 11. The maximum absolute atomic E-state index is 13.0. The Morgan fingerprint density at radius 3 is 2.16 bits per heavy atom. The highest BCUT2D eigenvalue weighted by Crippen LogP contribution is 2.30. The number of carbonyl (C=O) groups excluding carboxylic acids is 1. The predicted octanol–water partition coefficient (Wildman–Crippen LogP) is 6.33. The summed E-state index contributed by atoms with van der Waals surface area (Å²) in [4.78, 5) is 39.9. The molecule has 0 saturated heterocycles. The lowest BCUT2D eigenvalue weighted by molar-refractivity contribution is -0.135. The van der Waals surface area contributed by atoms with E-state index in [-0.39, 0.29) is 30.9 Å². The van der Waals surface area contributed by atoms with E-state index in [2.05, 4.69) is 30.9 Å². The molecule has 0 aliphatic rings. The average Bonchev–Trinajstić information content (AvgIpc) is 3.02. The quantitative estimate of drug-likeness (QED) is 0.139. The molecule has 0 bridgehead atoms. The minimum absolute atomic E-state index is 0.0651. The van der Waals surface area contributed by atoms with Gasteiger partial charge in [0.1, 0.15) is 12.3 Å². The molecule has 222 valence electrons. The fourth-order valence-electron chi connectivity index (χ4n) is 4.48. The van der Waals surface area contributed by atoms with Crippen LogP contribution in [0.15, 0.2) is 103 Å². The van der Waals surface area contributed by atoms with Crippen molar-refractivity contribution in [1.82, 2.24) is 15.0 Å². The molecule has 0 spiro atoms. The van der Waals surface area contributed by atoms with Gasteiger partial charge >= 0.3 is 12.0 Å². The molecule has 1 heterocycles. The third-order valence-electron chi connectivity index (χ3n) is 6.57. The number of carboxylic acids is 1. The minimum atomic E-state index is -1.06. The van der Waals surface area contributed by atoms with Crippen molar-refractivity contribution in [3.63, 3.8) is 0 Å². The third kappa shape index (κ3) is 7.65. The minimum Gasteiger partial charge on any atom is -0.495 e. The van der Waals surface area contributed by atoms with Crippen molar-refractivity contribution >= 4 is 41.2 Å². The second-order valence-electron chi connectivity index (χ2n) is 9.83. The first-order valence-electron chi connectivity index (χ1n) is 13.8. The number of hydrogen-bond donors (Lipinski definition) is 4. The number of benzene rings is 4. The maximum atomic E-state index is 13.0. The molecule has 1 aromatic heterocycles. The molecule has 0 radical (unpaired) electrons. The van der Waals surface area contributed by atoms with E-state index in [0.29, 0.717) is 17.1 Å². The number of aromatic nitrogens is 3. The Kier molecular flexibility index (Phi) is 9.26. The standard InChI is InChI=1S/C33H31N7O4/c1-22-16-18-23(19-17-22)20-40(21-29(41)42)32-37-30(34-26-13-7-6-12-25(26)24-10-4-3-5-11-24)36-31(38-32)39-33(43)35-27-14-8-9-15-28(27)44-2/h3-19H,20-21H2,1-2H3,(H,41,42)(H3,34,35,36,37,38,39,43). The van der Waals surface area contributed by atoms with Gasteiger partial charge < -0.3 is 25.4 Å². The fraction of sp³-hybridized carbons (Fsp3) is 0.121.